The molecule has 0 aliphatic rings. The molecule has 3 heterocycles. The zero-order valence-electron chi connectivity index (χ0n) is 16.6. The molecule has 0 saturated carbocycles. The summed E-state index contributed by atoms with van der Waals surface area (Å²) >= 11 is 12.2. The molecule has 3 aromatic heterocycles. The van der Waals surface area contributed by atoms with E-state index in [0.717, 1.165) is 0 Å². The first kappa shape index (κ1) is 20.9. The van der Waals surface area contributed by atoms with Crippen LogP contribution in [0.15, 0.2) is 47.9 Å². The lowest BCUT2D eigenvalue weighted by molar-refractivity contribution is -0.116. The van der Waals surface area contributed by atoms with E-state index in [4.69, 9.17) is 23.2 Å². The van der Waals surface area contributed by atoms with E-state index in [1.54, 1.807) is 42.9 Å². The van der Waals surface area contributed by atoms with E-state index in [1.165, 1.54) is 23.3 Å². The van der Waals surface area contributed by atoms with E-state index in [0.29, 0.717) is 38.4 Å². The molecule has 8 nitrogen and oxygen atoms in total. The van der Waals surface area contributed by atoms with Crippen LogP contribution in [0.2, 0.25) is 10.0 Å². The largest absolute Gasteiger partial charge is 0.506 e. The van der Waals surface area contributed by atoms with E-state index in [9.17, 15) is 14.7 Å². The van der Waals surface area contributed by atoms with Crippen LogP contribution in [0, 0.1) is 6.92 Å². The van der Waals surface area contributed by atoms with Gasteiger partial charge in [0.25, 0.3) is 5.56 Å². The van der Waals surface area contributed by atoms with Crippen LogP contribution >= 0.6 is 23.2 Å². The van der Waals surface area contributed by atoms with Crippen molar-refractivity contribution in [2.75, 3.05) is 5.32 Å². The number of rotatable bonds is 4. The molecule has 0 aliphatic carbocycles. The van der Waals surface area contributed by atoms with Crippen LogP contribution < -0.4 is 10.9 Å². The molecule has 0 unspecified atom stereocenters. The predicted molar refractivity (Wildman–Crippen MR) is 120 cm³/mol. The van der Waals surface area contributed by atoms with Crippen molar-refractivity contribution in [2.24, 2.45) is 7.05 Å². The Morgan fingerprint density at radius 2 is 2.03 bits per heavy atom. The molecule has 4 rings (SSSR count). The number of carbonyl (C=O) groups is 1. The molecule has 0 spiro atoms. The van der Waals surface area contributed by atoms with Gasteiger partial charge in [0.15, 0.2) is 0 Å². The molecule has 158 valence electrons. The van der Waals surface area contributed by atoms with Crippen molar-refractivity contribution in [3.8, 4) is 16.9 Å². The van der Waals surface area contributed by atoms with Crippen LogP contribution in [-0.4, -0.2) is 30.1 Å². The number of aromatic hydroxyl groups is 1. The minimum absolute atomic E-state index is 0.0196. The molecule has 0 saturated heterocycles. The van der Waals surface area contributed by atoms with Gasteiger partial charge in [0.1, 0.15) is 17.9 Å². The molecule has 0 bridgehead atoms. The third-order valence-corrected chi connectivity index (χ3v) is 5.45. The van der Waals surface area contributed by atoms with Crippen LogP contribution in [0.4, 0.5) is 5.69 Å². The number of halogens is 2. The first-order valence-electron chi connectivity index (χ1n) is 9.19. The number of phenols is 1. The van der Waals surface area contributed by atoms with E-state index in [2.05, 4.69) is 15.3 Å². The van der Waals surface area contributed by atoms with Gasteiger partial charge in [-0.15, -0.1) is 0 Å². The molecule has 0 fully saturated rings. The minimum Gasteiger partial charge on any atom is -0.506 e. The normalized spacial score (nSPS) is 11.1. The maximum Gasteiger partial charge on any atom is 0.263 e. The van der Waals surface area contributed by atoms with Gasteiger partial charge in [-0.05, 0) is 36.2 Å². The Kier molecular flexibility index (Phi) is 5.43. The second kappa shape index (κ2) is 8.05. The number of aryl methyl sites for hydroxylation is 2. The number of fused-ring (bicyclic) bond motifs is 1. The maximum absolute atomic E-state index is 12.9. The lowest BCUT2D eigenvalue weighted by atomic mass is 10.0. The van der Waals surface area contributed by atoms with Gasteiger partial charge in [-0.25, -0.2) is 4.98 Å². The molecule has 4 aromatic rings. The average molecular weight is 458 g/mol. The molecule has 0 aliphatic heterocycles. The number of nitrogens with one attached hydrogen (secondary N) is 1. The number of amides is 1. The van der Waals surface area contributed by atoms with Crippen molar-refractivity contribution in [3.05, 3.63) is 69.1 Å². The summed E-state index contributed by atoms with van der Waals surface area (Å²) < 4.78 is 2.95. The van der Waals surface area contributed by atoms with Gasteiger partial charge < -0.3 is 19.6 Å². The Bertz CT molecular complexity index is 1370. The van der Waals surface area contributed by atoms with Crippen LogP contribution in [0.1, 0.15) is 5.56 Å². The van der Waals surface area contributed by atoms with Crippen molar-refractivity contribution in [3.63, 3.8) is 0 Å². The van der Waals surface area contributed by atoms with Gasteiger partial charge in [-0.2, -0.15) is 0 Å². The lowest BCUT2D eigenvalue weighted by Crippen LogP contribution is -2.20. The third-order valence-electron chi connectivity index (χ3n) is 4.86. The first-order valence-corrected chi connectivity index (χ1v) is 9.95. The maximum atomic E-state index is 12.9. The van der Waals surface area contributed by atoms with Crippen LogP contribution in [0.25, 0.3) is 22.2 Å². The summed E-state index contributed by atoms with van der Waals surface area (Å²) in [5.74, 6) is -0.368. The Balaban J connectivity index is 1.81. The van der Waals surface area contributed by atoms with Crippen molar-refractivity contribution in [1.82, 2.24) is 19.1 Å². The Morgan fingerprint density at radius 1 is 1.26 bits per heavy atom. The number of aromatic nitrogens is 4. The van der Waals surface area contributed by atoms with E-state index in [1.807, 2.05) is 0 Å². The highest BCUT2D eigenvalue weighted by Gasteiger charge is 2.19. The quantitative estimate of drug-likeness (QED) is 0.485. The SMILES string of the molecule is Cc1cc(-c2cn(CC(=O)Nc3ccncc3Cl)c3ncn(C)c(=O)c23)cc(Cl)c1O. The van der Waals surface area contributed by atoms with Crippen LogP contribution in [0.5, 0.6) is 5.75 Å². The number of hydrogen-bond donors (Lipinski definition) is 2. The summed E-state index contributed by atoms with van der Waals surface area (Å²) in [6, 6.07) is 4.89. The average Bonchev–Trinajstić information content (AvgIpc) is 3.09. The van der Waals surface area contributed by atoms with E-state index >= 15 is 0 Å². The van der Waals surface area contributed by atoms with Gasteiger partial charge in [-0.1, -0.05) is 23.2 Å². The topological polar surface area (TPSA) is 102 Å². The van der Waals surface area contributed by atoms with Crippen LogP contribution in [0.3, 0.4) is 0 Å². The summed E-state index contributed by atoms with van der Waals surface area (Å²) in [5.41, 5.74) is 2.28. The van der Waals surface area contributed by atoms with Gasteiger partial charge in [0, 0.05) is 31.2 Å². The fourth-order valence-electron chi connectivity index (χ4n) is 3.32. The summed E-state index contributed by atoms with van der Waals surface area (Å²) in [4.78, 5) is 33.8. The number of phenolic OH excluding ortho intramolecular Hbond substituents is 1. The predicted octanol–water partition coefficient (Wildman–Crippen LogP) is 3.76. The molecule has 2 N–H and O–H groups in total. The van der Waals surface area contributed by atoms with Gasteiger partial charge >= 0.3 is 0 Å². The fraction of sp³-hybridized carbons (Fsp3) is 0.143. The molecule has 1 aromatic carbocycles. The second-order valence-corrected chi connectivity index (χ2v) is 7.87. The number of carbonyl (C=O) groups excluding carboxylic acids is 1. The van der Waals surface area contributed by atoms with Crippen molar-refractivity contribution < 1.29 is 9.90 Å². The Hall–Kier alpha value is -3.36. The second-order valence-electron chi connectivity index (χ2n) is 7.06. The minimum atomic E-state index is -0.348. The van der Waals surface area contributed by atoms with Crippen LogP contribution in [-0.2, 0) is 18.4 Å². The summed E-state index contributed by atoms with van der Waals surface area (Å²) in [7, 11) is 1.60. The molecule has 1 amide bonds. The highest BCUT2D eigenvalue weighted by molar-refractivity contribution is 6.33. The smallest absolute Gasteiger partial charge is 0.263 e. The number of benzene rings is 1. The van der Waals surface area contributed by atoms with E-state index in [-0.39, 0.29) is 28.8 Å². The zero-order valence-corrected chi connectivity index (χ0v) is 18.1. The molecular formula is C21H17Cl2N5O3. The monoisotopic (exact) mass is 457 g/mol. The molecule has 10 heteroatoms. The van der Waals surface area contributed by atoms with Crippen molar-refractivity contribution in [1.29, 1.82) is 0 Å². The third kappa shape index (κ3) is 3.87. The summed E-state index contributed by atoms with van der Waals surface area (Å²) in [5, 5.41) is 13.6. The highest BCUT2D eigenvalue weighted by atomic mass is 35.5. The summed E-state index contributed by atoms with van der Waals surface area (Å²) in [6.07, 6.45) is 6.03. The van der Waals surface area contributed by atoms with E-state index < -0.39 is 0 Å². The fourth-order valence-corrected chi connectivity index (χ4v) is 3.75. The molecular weight excluding hydrogens is 441 g/mol. The van der Waals surface area contributed by atoms with Crippen molar-refractivity contribution in [2.45, 2.75) is 13.5 Å². The number of hydrogen-bond acceptors (Lipinski definition) is 5. The van der Waals surface area contributed by atoms with Crippen molar-refractivity contribution >= 4 is 45.8 Å². The molecule has 31 heavy (non-hydrogen) atoms. The standard InChI is InChI=1S/C21H17Cl2N5O3/c1-11-5-12(6-14(22)19(11)30)13-8-28(20-18(13)21(31)27(2)10-25-20)9-17(29)26-16-3-4-24-7-15(16)23/h3-8,10,30H,9H2,1-2H3,(H,24,26,29). The Labute approximate surface area is 186 Å². The highest BCUT2D eigenvalue weighted by Crippen LogP contribution is 2.35. The lowest BCUT2D eigenvalue weighted by Gasteiger charge is -2.08. The van der Waals surface area contributed by atoms with Gasteiger partial charge in [-0.3, -0.25) is 14.6 Å². The number of nitrogens with zero attached hydrogens (tertiary/aromatic N) is 4. The number of anilines is 1. The Morgan fingerprint density at radius 3 is 2.74 bits per heavy atom. The van der Waals surface area contributed by atoms with Gasteiger partial charge in [0.05, 0.1) is 27.4 Å². The zero-order chi connectivity index (χ0) is 22.3. The first-order chi connectivity index (χ1) is 14.8. The summed E-state index contributed by atoms with van der Waals surface area (Å²) in [6.45, 7) is 1.62. The number of pyridine rings is 1. The van der Waals surface area contributed by atoms with Gasteiger partial charge in [0.2, 0.25) is 5.91 Å². The molecule has 0 radical (unpaired) electrons. The molecule has 0 atom stereocenters.